The molecule has 6 heteroatoms. The van der Waals surface area contributed by atoms with Gasteiger partial charge in [0, 0.05) is 0 Å². The Kier molecular flexibility index (Phi) is 2.03. The molecule has 0 fully saturated rings. The van der Waals surface area contributed by atoms with E-state index in [-0.39, 0.29) is 11.3 Å². The molecule has 2 aromatic heterocycles. The summed E-state index contributed by atoms with van der Waals surface area (Å²) in [5, 5.41) is 9.93. The summed E-state index contributed by atoms with van der Waals surface area (Å²) in [5.74, 6) is 0. The van der Waals surface area contributed by atoms with Gasteiger partial charge in [-0.2, -0.15) is 0 Å². The molecule has 0 aliphatic heterocycles. The molecule has 2 aromatic carbocycles. The fourth-order valence-electron chi connectivity index (χ4n) is 2.20. The Morgan fingerprint density at radius 3 is 2.35 bits per heavy atom. The first-order valence-corrected chi connectivity index (χ1v) is 5.85. The molecule has 2 heterocycles. The molecule has 0 amide bonds. The van der Waals surface area contributed by atoms with Crippen LogP contribution in [0.1, 0.15) is 0 Å². The topological polar surface area (TPSA) is 86.2 Å². The maximum Gasteiger partial charge on any atom is 0.424 e. The summed E-state index contributed by atoms with van der Waals surface area (Å²) in [4.78, 5) is 22.9. The molecule has 0 bridgehead atoms. The van der Waals surface area contributed by atoms with Gasteiger partial charge in [-0.05, 0) is 22.9 Å². The van der Waals surface area contributed by atoms with E-state index in [4.69, 9.17) is 8.83 Å². The standard InChI is InChI=1S/C14H6N2O4/c17-13-14(18)20-12-11-9(15-16-12)5-7-3-1-2-4-8(7)6-10(11)19-13/h1-6H. The van der Waals surface area contributed by atoms with Crippen molar-refractivity contribution in [1.29, 1.82) is 0 Å². The average Bonchev–Trinajstić information content (AvgIpc) is 2.69. The minimum Gasteiger partial charge on any atom is -0.417 e. The maximum absolute atomic E-state index is 11.5. The molecule has 0 spiro atoms. The van der Waals surface area contributed by atoms with E-state index < -0.39 is 11.3 Å². The quantitative estimate of drug-likeness (QED) is 0.451. The third-order valence-electron chi connectivity index (χ3n) is 3.10. The van der Waals surface area contributed by atoms with Crippen LogP contribution in [0.2, 0.25) is 0 Å². The Balaban J connectivity index is 2.44. The van der Waals surface area contributed by atoms with Crippen molar-refractivity contribution in [2.24, 2.45) is 0 Å². The predicted octanol–water partition coefficient (Wildman–Crippen LogP) is 1.84. The van der Waals surface area contributed by atoms with E-state index in [9.17, 15) is 9.59 Å². The van der Waals surface area contributed by atoms with Crippen LogP contribution >= 0.6 is 0 Å². The first-order valence-electron chi connectivity index (χ1n) is 5.85. The van der Waals surface area contributed by atoms with Gasteiger partial charge in [0.1, 0.15) is 16.5 Å². The van der Waals surface area contributed by atoms with Crippen molar-refractivity contribution >= 4 is 33.0 Å². The van der Waals surface area contributed by atoms with Gasteiger partial charge in [0.25, 0.3) is 5.71 Å². The first kappa shape index (κ1) is 10.9. The highest BCUT2D eigenvalue weighted by atomic mass is 16.4. The lowest BCUT2D eigenvalue weighted by Crippen LogP contribution is -2.18. The SMILES string of the molecule is O=c1oc2cc3ccccc3cc3nnc(oc1=O)c32. The predicted molar refractivity (Wildman–Crippen MR) is 71.6 cm³/mol. The molecule has 0 saturated heterocycles. The molecule has 0 N–H and O–H groups in total. The molecule has 0 saturated carbocycles. The van der Waals surface area contributed by atoms with Gasteiger partial charge < -0.3 is 8.83 Å². The normalized spacial score (nSPS) is 11.4. The lowest BCUT2D eigenvalue weighted by molar-refractivity contribution is 0.483. The molecule has 0 aliphatic rings. The van der Waals surface area contributed by atoms with Gasteiger partial charge in [0.2, 0.25) is 0 Å². The van der Waals surface area contributed by atoms with Crippen molar-refractivity contribution in [2.45, 2.75) is 0 Å². The molecular weight excluding hydrogens is 260 g/mol. The van der Waals surface area contributed by atoms with E-state index in [0.717, 1.165) is 10.8 Å². The Morgan fingerprint density at radius 2 is 1.55 bits per heavy atom. The second kappa shape index (κ2) is 3.74. The lowest BCUT2D eigenvalue weighted by atomic mass is 10.2. The van der Waals surface area contributed by atoms with Gasteiger partial charge >= 0.3 is 11.3 Å². The molecular formula is C14H6N2O4. The molecule has 6 nitrogen and oxygen atoms in total. The molecule has 0 atom stereocenters. The number of nitrogens with zero attached hydrogens (tertiary/aromatic N) is 2. The zero-order chi connectivity index (χ0) is 13.7. The van der Waals surface area contributed by atoms with Gasteiger partial charge in [-0.1, -0.05) is 24.3 Å². The second-order valence-electron chi connectivity index (χ2n) is 4.33. The van der Waals surface area contributed by atoms with E-state index in [2.05, 4.69) is 10.2 Å². The Labute approximate surface area is 110 Å². The summed E-state index contributed by atoms with van der Waals surface area (Å²) in [7, 11) is 0. The monoisotopic (exact) mass is 266 g/mol. The highest BCUT2D eigenvalue weighted by Gasteiger charge is 2.12. The summed E-state index contributed by atoms with van der Waals surface area (Å²) in [6.45, 7) is 0. The summed E-state index contributed by atoms with van der Waals surface area (Å²) in [5.41, 5.74) is -1.46. The van der Waals surface area contributed by atoms with Crippen LogP contribution in [0.15, 0.2) is 54.8 Å². The van der Waals surface area contributed by atoms with Crippen molar-refractivity contribution in [3.63, 3.8) is 0 Å². The van der Waals surface area contributed by atoms with Crippen molar-refractivity contribution in [1.82, 2.24) is 10.2 Å². The molecule has 96 valence electrons. The third-order valence-corrected chi connectivity index (χ3v) is 3.10. The van der Waals surface area contributed by atoms with Crippen LogP contribution in [0.3, 0.4) is 0 Å². The average molecular weight is 266 g/mol. The number of aromatic nitrogens is 2. The summed E-state index contributed by atoms with van der Waals surface area (Å²) in [6, 6.07) is 11.0. The molecule has 0 unspecified atom stereocenters. The highest BCUT2D eigenvalue weighted by molar-refractivity contribution is 6.06. The Bertz CT molecular complexity index is 1090. The number of rotatable bonds is 0. The molecule has 0 aliphatic carbocycles. The van der Waals surface area contributed by atoms with Crippen LogP contribution in [-0.4, -0.2) is 10.2 Å². The number of hydrogen-bond donors (Lipinski definition) is 0. The van der Waals surface area contributed by atoms with E-state index >= 15 is 0 Å². The maximum atomic E-state index is 11.5. The zero-order valence-corrected chi connectivity index (χ0v) is 9.99. The van der Waals surface area contributed by atoms with Crippen molar-refractivity contribution in [2.75, 3.05) is 0 Å². The van der Waals surface area contributed by atoms with E-state index in [1.165, 1.54) is 0 Å². The van der Waals surface area contributed by atoms with Gasteiger partial charge in [-0.25, -0.2) is 9.59 Å². The zero-order valence-electron chi connectivity index (χ0n) is 9.99. The van der Waals surface area contributed by atoms with E-state index in [0.29, 0.717) is 10.9 Å². The summed E-state index contributed by atoms with van der Waals surface area (Å²) < 4.78 is 9.94. The largest absolute Gasteiger partial charge is 0.424 e. The molecule has 4 rings (SSSR count). The first-order chi connectivity index (χ1) is 9.72. The third kappa shape index (κ3) is 1.45. The smallest absolute Gasteiger partial charge is 0.417 e. The van der Waals surface area contributed by atoms with E-state index in [1.54, 1.807) is 12.1 Å². The lowest BCUT2D eigenvalue weighted by Gasteiger charge is -1.88. The fraction of sp³-hybridized carbons (Fsp3) is 0. The van der Waals surface area contributed by atoms with Crippen LogP contribution in [0, 0.1) is 0 Å². The molecule has 20 heavy (non-hydrogen) atoms. The molecule has 0 radical (unpaired) electrons. The Morgan fingerprint density at radius 1 is 0.850 bits per heavy atom. The number of hydrogen-bond acceptors (Lipinski definition) is 6. The van der Waals surface area contributed by atoms with Gasteiger partial charge in [0.15, 0.2) is 0 Å². The minimum absolute atomic E-state index is 0.00819. The van der Waals surface area contributed by atoms with E-state index in [1.807, 2.05) is 24.3 Å². The highest BCUT2D eigenvalue weighted by Crippen LogP contribution is 2.25. The van der Waals surface area contributed by atoms with Crippen molar-refractivity contribution in [3.05, 3.63) is 57.2 Å². The second-order valence-corrected chi connectivity index (χ2v) is 4.33. The van der Waals surface area contributed by atoms with Crippen LogP contribution in [0.4, 0.5) is 0 Å². The summed E-state index contributed by atoms with van der Waals surface area (Å²) >= 11 is 0. The van der Waals surface area contributed by atoms with Crippen LogP contribution in [-0.2, 0) is 0 Å². The van der Waals surface area contributed by atoms with Crippen molar-refractivity contribution in [3.8, 4) is 0 Å². The van der Waals surface area contributed by atoms with Crippen molar-refractivity contribution < 1.29 is 8.83 Å². The Hall–Kier alpha value is -3.02. The molecule has 4 aromatic rings. The minimum atomic E-state index is -1.10. The van der Waals surface area contributed by atoms with Gasteiger partial charge in [-0.3, -0.25) is 0 Å². The summed E-state index contributed by atoms with van der Waals surface area (Å²) in [6.07, 6.45) is 0. The van der Waals surface area contributed by atoms with Crippen LogP contribution in [0.5, 0.6) is 0 Å². The fourth-order valence-corrected chi connectivity index (χ4v) is 2.20. The van der Waals surface area contributed by atoms with Gasteiger partial charge in [-0.15, -0.1) is 10.2 Å². The number of benzene rings is 1. The van der Waals surface area contributed by atoms with Gasteiger partial charge in [0.05, 0.1) is 0 Å². The van der Waals surface area contributed by atoms with Crippen LogP contribution in [0.25, 0.3) is 33.0 Å². The van der Waals surface area contributed by atoms with Crippen LogP contribution < -0.4 is 11.3 Å². The number of fused-ring (bicyclic) bond motifs is 1.